The maximum atomic E-state index is 14.0. The summed E-state index contributed by atoms with van der Waals surface area (Å²) in [6, 6.07) is 32.5. The van der Waals surface area contributed by atoms with E-state index in [1.807, 2.05) is 30.3 Å². The second-order valence-corrected chi connectivity index (χ2v) is 14.3. The maximum Gasteiger partial charge on any atom is 0.197 e. The van der Waals surface area contributed by atoms with Gasteiger partial charge < -0.3 is 14.3 Å². The van der Waals surface area contributed by atoms with Crippen molar-refractivity contribution >= 4 is 34.1 Å². The fraction of sp³-hybridized carbons (Fsp3) is 0.108. The van der Waals surface area contributed by atoms with Crippen LogP contribution in [0.3, 0.4) is 0 Å². The molecule has 0 aliphatic heterocycles. The van der Waals surface area contributed by atoms with Gasteiger partial charge in [-0.25, -0.2) is 13.2 Å². The molecule has 45 heavy (non-hydrogen) atoms. The SMILES string of the molecule is O=c1cc(-c2ccccc2)oc2cc(OCCCC[P+](c3ccc(F)cc3)(c3ccc(F)cc3)c3ccc(F)cc3)cc(O)c12. The Balaban J connectivity index is 1.25. The monoisotopic (exact) mass is 625 g/mol. The van der Waals surface area contributed by atoms with E-state index in [0.717, 1.165) is 21.5 Å². The largest absolute Gasteiger partial charge is 0.507 e. The number of hydrogen-bond acceptors (Lipinski definition) is 4. The zero-order valence-electron chi connectivity index (χ0n) is 24.1. The Kier molecular flexibility index (Phi) is 8.72. The molecule has 1 aromatic heterocycles. The van der Waals surface area contributed by atoms with Crippen LogP contribution in [0.15, 0.2) is 131 Å². The molecule has 0 aliphatic rings. The molecule has 0 unspecified atom stereocenters. The molecule has 4 nitrogen and oxygen atoms in total. The molecule has 226 valence electrons. The van der Waals surface area contributed by atoms with Gasteiger partial charge in [-0.3, -0.25) is 4.79 Å². The molecular formula is C37H29F3O4P+. The Hall–Kier alpha value is -4.87. The predicted octanol–water partition coefficient (Wildman–Crippen LogP) is 7.74. The summed E-state index contributed by atoms with van der Waals surface area (Å²) < 4.78 is 54.0. The molecule has 8 heteroatoms. The van der Waals surface area contributed by atoms with Crippen LogP contribution in [0.1, 0.15) is 12.8 Å². The lowest BCUT2D eigenvalue weighted by molar-refractivity contribution is 0.308. The van der Waals surface area contributed by atoms with Gasteiger partial charge in [-0.05, 0) is 85.6 Å². The van der Waals surface area contributed by atoms with Gasteiger partial charge in [0.1, 0.15) is 68.9 Å². The molecule has 5 aromatic carbocycles. The lowest BCUT2D eigenvalue weighted by atomic mass is 10.1. The predicted molar refractivity (Wildman–Crippen MR) is 174 cm³/mol. The standard InChI is InChI=1S/C37H28F3O4P/c38-26-8-14-30(15-9-26)45(31-16-10-27(39)11-17-31,32-18-12-28(40)13-19-32)21-5-4-20-43-29-22-33(41)37-34(42)24-35(44-36(37)23-29)25-6-2-1-3-7-25/h1-3,6-19,22-24H,4-5,20-21H2/p+1. The van der Waals surface area contributed by atoms with Crippen molar-refractivity contribution < 1.29 is 27.4 Å². The first kappa shape index (κ1) is 30.2. The average molecular weight is 626 g/mol. The van der Waals surface area contributed by atoms with Gasteiger partial charge in [0.2, 0.25) is 0 Å². The van der Waals surface area contributed by atoms with Crippen molar-refractivity contribution in [2.75, 3.05) is 12.8 Å². The highest BCUT2D eigenvalue weighted by atomic mass is 31.2. The van der Waals surface area contributed by atoms with Crippen LogP contribution in [0.2, 0.25) is 0 Å². The molecule has 0 amide bonds. The highest BCUT2D eigenvalue weighted by molar-refractivity contribution is 7.95. The summed E-state index contributed by atoms with van der Waals surface area (Å²) in [5, 5.41) is 13.4. The number of ether oxygens (including phenoxy) is 1. The number of aromatic hydroxyl groups is 1. The third-order valence-electron chi connectivity index (χ3n) is 7.80. The van der Waals surface area contributed by atoms with Gasteiger partial charge in [0.05, 0.1) is 12.8 Å². The Labute approximate surface area is 258 Å². The molecule has 1 N–H and O–H groups in total. The third-order valence-corrected chi connectivity index (χ3v) is 12.3. The molecule has 0 bridgehead atoms. The summed E-state index contributed by atoms with van der Waals surface area (Å²) in [5.74, 6) is -0.599. The van der Waals surface area contributed by atoms with Crippen LogP contribution in [0.5, 0.6) is 11.5 Å². The van der Waals surface area contributed by atoms with E-state index in [9.17, 15) is 23.1 Å². The van der Waals surface area contributed by atoms with Crippen molar-refractivity contribution in [3.05, 3.63) is 149 Å². The molecule has 0 aliphatic carbocycles. The van der Waals surface area contributed by atoms with Gasteiger partial charge in [-0.2, -0.15) is 0 Å². The summed E-state index contributed by atoms with van der Waals surface area (Å²) in [6.45, 7) is 0.295. The van der Waals surface area contributed by atoms with E-state index < -0.39 is 7.26 Å². The normalized spacial score (nSPS) is 11.5. The summed E-state index contributed by atoms with van der Waals surface area (Å²) in [5.41, 5.74) is 0.588. The third kappa shape index (κ3) is 6.36. The van der Waals surface area contributed by atoms with E-state index in [0.29, 0.717) is 37.1 Å². The zero-order valence-corrected chi connectivity index (χ0v) is 25.0. The number of fused-ring (bicyclic) bond motifs is 1. The molecule has 0 radical (unpaired) electrons. The Morgan fingerprint density at radius 1 is 0.667 bits per heavy atom. The van der Waals surface area contributed by atoms with Gasteiger partial charge in [0, 0.05) is 23.8 Å². The van der Waals surface area contributed by atoms with Gasteiger partial charge >= 0.3 is 0 Å². The minimum Gasteiger partial charge on any atom is -0.507 e. The first-order valence-corrected chi connectivity index (χ1v) is 16.5. The highest BCUT2D eigenvalue weighted by Crippen LogP contribution is 2.56. The van der Waals surface area contributed by atoms with Crippen molar-refractivity contribution in [2.45, 2.75) is 12.8 Å². The number of halogens is 3. The Bertz CT molecular complexity index is 1860. The number of rotatable bonds is 10. The minimum absolute atomic E-state index is 0.0782. The van der Waals surface area contributed by atoms with Crippen LogP contribution in [0.4, 0.5) is 13.2 Å². The van der Waals surface area contributed by atoms with E-state index in [4.69, 9.17) is 9.15 Å². The second kappa shape index (κ2) is 13.0. The number of hydrogen-bond donors (Lipinski definition) is 1. The molecule has 0 fully saturated rings. The molecule has 6 aromatic rings. The average Bonchev–Trinajstić information content (AvgIpc) is 3.04. The lowest BCUT2D eigenvalue weighted by Crippen LogP contribution is -2.33. The Morgan fingerprint density at radius 3 is 1.73 bits per heavy atom. The van der Waals surface area contributed by atoms with E-state index >= 15 is 0 Å². The summed E-state index contributed by atoms with van der Waals surface area (Å²) in [6.07, 6.45) is 1.92. The number of phenols is 1. The zero-order chi connectivity index (χ0) is 31.4. The first-order chi connectivity index (χ1) is 21.8. The van der Waals surface area contributed by atoms with Crippen LogP contribution >= 0.6 is 7.26 Å². The van der Waals surface area contributed by atoms with Gasteiger partial charge in [-0.15, -0.1) is 0 Å². The van der Waals surface area contributed by atoms with E-state index in [1.165, 1.54) is 48.5 Å². The van der Waals surface area contributed by atoms with Gasteiger partial charge in [0.25, 0.3) is 0 Å². The molecule has 6 rings (SSSR count). The van der Waals surface area contributed by atoms with E-state index in [2.05, 4.69) is 0 Å². The van der Waals surface area contributed by atoms with E-state index in [1.54, 1.807) is 42.5 Å². The van der Waals surface area contributed by atoms with Crippen molar-refractivity contribution in [1.29, 1.82) is 0 Å². The van der Waals surface area contributed by atoms with Crippen molar-refractivity contribution in [3.63, 3.8) is 0 Å². The maximum absolute atomic E-state index is 14.0. The second-order valence-electron chi connectivity index (χ2n) is 10.7. The molecule has 0 saturated carbocycles. The van der Waals surface area contributed by atoms with Crippen molar-refractivity contribution in [1.82, 2.24) is 0 Å². The van der Waals surface area contributed by atoms with Crippen LogP contribution in [0.25, 0.3) is 22.3 Å². The van der Waals surface area contributed by atoms with Crippen molar-refractivity contribution in [2.24, 2.45) is 0 Å². The fourth-order valence-corrected chi connectivity index (χ4v) is 9.97. The summed E-state index contributed by atoms with van der Waals surface area (Å²) >= 11 is 0. The number of benzene rings is 5. The molecule has 1 heterocycles. The molecule has 0 spiro atoms. The summed E-state index contributed by atoms with van der Waals surface area (Å²) in [4.78, 5) is 12.8. The molecular weight excluding hydrogens is 596 g/mol. The number of phenolic OH excluding ortho intramolecular Hbond substituents is 1. The summed E-state index contributed by atoms with van der Waals surface area (Å²) in [7, 11) is -2.45. The highest BCUT2D eigenvalue weighted by Gasteiger charge is 2.45. The topological polar surface area (TPSA) is 59.7 Å². The molecule has 0 atom stereocenters. The van der Waals surface area contributed by atoms with Crippen molar-refractivity contribution in [3.8, 4) is 22.8 Å². The van der Waals surface area contributed by atoms with Gasteiger partial charge in [-0.1, -0.05) is 30.3 Å². The van der Waals surface area contributed by atoms with Gasteiger partial charge in [0.15, 0.2) is 5.43 Å². The smallest absolute Gasteiger partial charge is 0.197 e. The Morgan fingerprint density at radius 2 is 1.20 bits per heavy atom. The minimum atomic E-state index is -2.45. The van der Waals surface area contributed by atoms with Crippen LogP contribution in [-0.4, -0.2) is 17.9 Å². The van der Waals surface area contributed by atoms with E-state index in [-0.39, 0.29) is 39.6 Å². The van der Waals surface area contributed by atoms with Crippen LogP contribution < -0.4 is 26.1 Å². The lowest BCUT2D eigenvalue weighted by Gasteiger charge is -2.28. The fourth-order valence-electron chi connectivity index (χ4n) is 5.63. The molecule has 0 saturated heterocycles. The van der Waals surface area contributed by atoms with Crippen LogP contribution in [0, 0.1) is 17.5 Å². The quantitative estimate of drug-likeness (QED) is 0.125. The first-order valence-electron chi connectivity index (χ1n) is 14.5. The van der Waals surface area contributed by atoms with Crippen LogP contribution in [-0.2, 0) is 0 Å². The number of unbranched alkanes of at least 4 members (excludes halogenated alkanes) is 1.